The Balaban J connectivity index is 2.61. The average molecular weight is 258 g/mol. The zero-order chi connectivity index (χ0) is 12.9. The van der Waals surface area contributed by atoms with Gasteiger partial charge in [0.25, 0.3) is 0 Å². The minimum absolute atomic E-state index is 0.358. The van der Waals surface area contributed by atoms with E-state index in [1.165, 1.54) is 13.1 Å². The van der Waals surface area contributed by atoms with Gasteiger partial charge in [0.15, 0.2) is 0 Å². The molecule has 1 rings (SSSR count). The van der Waals surface area contributed by atoms with Crippen LogP contribution >= 0.6 is 11.5 Å². The Kier molecular flexibility index (Phi) is 4.38. The van der Waals surface area contributed by atoms with Crippen LogP contribution in [-0.2, 0) is 4.79 Å². The summed E-state index contributed by atoms with van der Waals surface area (Å²) in [6.45, 7) is 3.33. The topological polar surface area (TPSA) is 104 Å². The highest BCUT2D eigenvalue weighted by atomic mass is 32.1. The van der Waals surface area contributed by atoms with Crippen molar-refractivity contribution in [2.24, 2.45) is 0 Å². The van der Waals surface area contributed by atoms with Crippen LogP contribution < -0.4 is 10.6 Å². The first-order valence-electron chi connectivity index (χ1n) is 5.08. The van der Waals surface area contributed by atoms with Crippen molar-refractivity contribution in [1.82, 2.24) is 14.9 Å². The summed E-state index contributed by atoms with van der Waals surface area (Å²) in [5.74, 6) is -1.06. The summed E-state index contributed by atoms with van der Waals surface area (Å²) in [7, 11) is 0. The summed E-state index contributed by atoms with van der Waals surface area (Å²) in [6, 6.07) is -0.575. The SMILES string of the molecule is CCCC(C)(NC(=O)Nc1cnns1)C(=O)O. The van der Waals surface area contributed by atoms with Crippen molar-refractivity contribution in [3.63, 3.8) is 0 Å². The van der Waals surface area contributed by atoms with Crippen molar-refractivity contribution in [3.8, 4) is 0 Å². The van der Waals surface area contributed by atoms with E-state index in [0.717, 1.165) is 11.5 Å². The van der Waals surface area contributed by atoms with Crippen LogP contribution in [0.4, 0.5) is 9.80 Å². The third kappa shape index (κ3) is 3.66. The predicted octanol–water partition coefficient (Wildman–Crippen LogP) is 1.30. The number of carbonyl (C=O) groups is 2. The third-order valence-electron chi connectivity index (χ3n) is 2.21. The average Bonchev–Trinajstić information content (AvgIpc) is 2.70. The molecule has 1 atom stereocenters. The van der Waals surface area contributed by atoms with Gasteiger partial charge in [-0.2, -0.15) is 0 Å². The van der Waals surface area contributed by atoms with Gasteiger partial charge >= 0.3 is 12.0 Å². The van der Waals surface area contributed by atoms with Crippen LogP contribution in [0.25, 0.3) is 0 Å². The molecule has 1 unspecified atom stereocenters. The van der Waals surface area contributed by atoms with E-state index in [0.29, 0.717) is 17.8 Å². The van der Waals surface area contributed by atoms with Crippen LogP contribution in [-0.4, -0.2) is 32.2 Å². The Morgan fingerprint density at radius 2 is 2.29 bits per heavy atom. The first-order chi connectivity index (χ1) is 7.98. The molecule has 1 heterocycles. The van der Waals surface area contributed by atoms with E-state index in [4.69, 9.17) is 5.11 Å². The van der Waals surface area contributed by atoms with Crippen molar-refractivity contribution in [2.45, 2.75) is 32.2 Å². The number of anilines is 1. The van der Waals surface area contributed by atoms with E-state index in [1.807, 2.05) is 6.92 Å². The molecule has 17 heavy (non-hydrogen) atoms. The molecule has 0 radical (unpaired) electrons. The summed E-state index contributed by atoms with van der Waals surface area (Å²) in [4.78, 5) is 22.7. The van der Waals surface area contributed by atoms with Gasteiger partial charge < -0.3 is 10.4 Å². The second kappa shape index (κ2) is 5.58. The van der Waals surface area contributed by atoms with Gasteiger partial charge in [0, 0.05) is 11.5 Å². The van der Waals surface area contributed by atoms with Gasteiger partial charge in [0.1, 0.15) is 10.5 Å². The Bertz CT molecular complexity index is 395. The molecule has 0 aromatic carbocycles. The number of carbonyl (C=O) groups excluding carboxylic acids is 1. The molecule has 1 aromatic rings. The van der Waals surface area contributed by atoms with Crippen LogP contribution in [0, 0.1) is 0 Å². The number of amides is 2. The first kappa shape index (κ1) is 13.4. The maximum Gasteiger partial charge on any atom is 0.329 e. The second-order valence-corrected chi connectivity index (χ2v) is 4.53. The zero-order valence-corrected chi connectivity index (χ0v) is 10.4. The lowest BCUT2D eigenvalue weighted by molar-refractivity contribution is -0.143. The molecular weight excluding hydrogens is 244 g/mol. The normalized spacial score (nSPS) is 13.8. The van der Waals surface area contributed by atoms with Crippen LogP contribution in [0.15, 0.2) is 6.20 Å². The van der Waals surface area contributed by atoms with Crippen molar-refractivity contribution in [1.29, 1.82) is 0 Å². The Morgan fingerprint density at radius 3 is 2.76 bits per heavy atom. The van der Waals surface area contributed by atoms with Crippen molar-refractivity contribution >= 4 is 28.5 Å². The van der Waals surface area contributed by atoms with E-state index in [-0.39, 0.29) is 0 Å². The van der Waals surface area contributed by atoms with Gasteiger partial charge in [0.05, 0.1) is 6.20 Å². The number of urea groups is 1. The summed E-state index contributed by atoms with van der Waals surface area (Å²) in [6.07, 6.45) is 2.41. The molecule has 7 nitrogen and oxygen atoms in total. The standard InChI is InChI=1S/C9H14N4O3S/c1-3-4-9(2,7(14)15)12-8(16)11-6-5-10-13-17-6/h5H,3-4H2,1-2H3,(H,14,15)(H2,11,12,16). The molecule has 3 N–H and O–H groups in total. The lowest BCUT2D eigenvalue weighted by atomic mass is 9.97. The fourth-order valence-electron chi connectivity index (χ4n) is 1.34. The quantitative estimate of drug-likeness (QED) is 0.738. The molecule has 0 aliphatic rings. The largest absolute Gasteiger partial charge is 0.480 e. The number of aromatic nitrogens is 2. The maximum absolute atomic E-state index is 11.6. The van der Waals surface area contributed by atoms with Gasteiger partial charge in [-0.25, -0.2) is 9.59 Å². The molecule has 1 aromatic heterocycles. The molecule has 0 saturated heterocycles. The number of carboxylic acid groups (broad SMARTS) is 1. The lowest BCUT2D eigenvalue weighted by Crippen LogP contribution is -2.53. The summed E-state index contributed by atoms with van der Waals surface area (Å²) < 4.78 is 3.58. The fourth-order valence-corrected chi connectivity index (χ4v) is 1.75. The first-order valence-corrected chi connectivity index (χ1v) is 5.85. The number of rotatable bonds is 5. The smallest absolute Gasteiger partial charge is 0.329 e. The molecule has 0 aliphatic carbocycles. The van der Waals surface area contributed by atoms with Gasteiger partial charge in [-0.05, 0) is 13.3 Å². The van der Waals surface area contributed by atoms with Gasteiger partial charge in [-0.3, -0.25) is 5.32 Å². The zero-order valence-electron chi connectivity index (χ0n) is 9.56. The van der Waals surface area contributed by atoms with Crippen molar-refractivity contribution in [3.05, 3.63) is 6.20 Å². The highest BCUT2D eigenvalue weighted by Gasteiger charge is 2.33. The van der Waals surface area contributed by atoms with Gasteiger partial charge in [-0.1, -0.05) is 17.8 Å². The molecule has 8 heteroatoms. The van der Waals surface area contributed by atoms with Crippen LogP contribution in [0.1, 0.15) is 26.7 Å². The van der Waals surface area contributed by atoms with E-state index in [1.54, 1.807) is 0 Å². The molecule has 0 spiro atoms. The van der Waals surface area contributed by atoms with Crippen LogP contribution in [0.3, 0.4) is 0 Å². The summed E-state index contributed by atoms with van der Waals surface area (Å²) >= 11 is 1.02. The van der Waals surface area contributed by atoms with Gasteiger partial charge in [-0.15, -0.1) is 5.10 Å². The third-order valence-corrected chi connectivity index (χ3v) is 2.79. The molecule has 2 amide bonds. The number of nitrogens with one attached hydrogen (secondary N) is 2. The van der Waals surface area contributed by atoms with Crippen molar-refractivity contribution in [2.75, 3.05) is 5.32 Å². The highest BCUT2D eigenvalue weighted by molar-refractivity contribution is 7.10. The maximum atomic E-state index is 11.6. The van der Waals surface area contributed by atoms with Crippen LogP contribution in [0.5, 0.6) is 0 Å². The Morgan fingerprint density at radius 1 is 1.59 bits per heavy atom. The molecule has 0 fully saturated rings. The number of nitrogens with zero attached hydrogens (tertiary/aromatic N) is 2. The summed E-state index contributed by atoms with van der Waals surface area (Å²) in [5, 5.41) is 18.0. The number of hydrogen-bond acceptors (Lipinski definition) is 5. The van der Waals surface area contributed by atoms with Crippen molar-refractivity contribution < 1.29 is 14.7 Å². The fraction of sp³-hybridized carbons (Fsp3) is 0.556. The molecular formula is C9H14N4O3S. The van der Waals surface area contributed by atoms with E-state index in [2.05, 4.69) is 20.2 Å². The van der Waals surface area contributed by atoms with E-state index in [9.17, 15) is 9.59 Å². The Hall–Kier alpha value is -1.70. The Labute approximate surface area is 102 Å². The summed E-state index contributed by atoms with van der Waals surface area (Å²) in [5.41, 5.74) is -1.27. The monoisotopic (exact) mass is 258 g/mol. The molecule has 94 valence electrons. The highest BCUT2D eigenvalue weighted by Crippen LogP contribution is 2.14. The van der Waals surface area contributed by atoms with Gasteiger partial charge in [0.2, 0.25) is 0 Å². The van der Waals surface area contributed by atoms with E-state index >= 15 is 0 Å². The minimum atomic E-state index is -1.27. The number of aliphatic carboxylic acids is 1. The lowest BCUT2D eigenvalue weighted by Gasteiger charge is -2.25. The number of hydrogen-bond donors (Lipinski definition) is 3. The number of carboxylic acids is 1. The molecule has 0 bridgehead atoms. The molecule has 0 aliphatic heterocycles. The second-order valence-electron chi connectivity index (χ2n) is 3.75. The predicted molar refractivity (Wildman–Crippen MR) is 63.0 cm³/mol. The van der Waals surface area contributed by atoms with Crippen LogP contribution in [0.2, 0.25) is 0 Å². The molecule has 0 saturated carbocycles. The van der Waals surface area contributed by atoms with E-state index < -0.39 is 17.5 Å². The minimum Gasteiger partial charge on any atom is -0.480 e.